The molecule has 0 saturated carbocycles. The molecule has 18 heavy (non-hydrogen) atoms. The topological polar surface area (TPSA) is 41.5 Å². The maximum absolute atomic E-state index is 13.7. The van der Waals surface area contributed by atoms with E-state index in [1.807, 2.05) is 0 Å². The number of halogens is 2. The molecule has 1 saturated heterocycles. The number of rotatable bonds is 3. The van der Waals surface area contributed by atoms with Crippen molar-refractivity contribution in [2.24, 2.45) is 0 Å². The summed E-state index contributed by atoms with van der Waals surface area (Å²) < 4.78 is 19.0. The molecule has 1 aliphatic heterocycles. The van der Waals surface area contributed by atoms with Crippen molar-refractivity contribution in [3.05, 3.63) is 21.9 Å². The molecule has 1 aromatic carbocycles. The molecular formula is C13H17BrFNO2. The summed E-state index contributed by atoms with van der Waals surface area (Å²) in [5.74, 6) is -0.199. The van der Waals surface area contributed by atoms with E-state index in [1.54, 1.807) is 0 Å². The van der Waals surface area contributed by atoms with Crippen LogP contribution in [-0.4, -0.2) is 24.8 Å². The SMILES string of the molecule is COc1cc(F)c(Br)c(CC2CCCCN2)c1O. The summed E-state index contributed by atoms with van der Waals surface area (Å²) in [5.41, 5.74) is 0.575. The molecule has 0 aromatic heterocycles. The predicted molar refractivity (Wildman–Crippen MR) is 71.7 cm³/mol. The molecule has 1 unspecified atom stereocenters. The molecule has 5 heteroatoms. The Labute approximate surface area is 114 Å². The molecule has 0 amide bonds. The fourth-order valence-corrected chi connectivity index (χ4v) is 2.79. The lowest BCUT2D eigenvalue weighted by atomic mass is 9.97. The van der Waals surface area contributed by atoms with Gasteiger partial charge in [0.15, 0.2) is 11.5 Å². The number of hydrogen-bond acceptors (Lipinski definition) is 3. The van der Waals surface area contributed by atoms with E-state index in [9.17, 15) is 9.50 Å². The van der Waals surface area contributed by atoms with E-state index in [0.29, 0.717) is 16.5 Å². The molecule has 0 spiro atoms. The summed E-state index contributed by atoms with van der Waals surface area (Å²) in [5, 5.41) is 13.5. The van der Waals surface area contributed by atoms with E-state index < -0.39 is 5.82 Å². The van der Waals surface area contributed by atoms with Gasteiger partial charge in [0.1, 0.15) is 5.82 Å². The van der Waals surface area contributed by atoms with Gasteiger partial charge in [-0.1, -0.05) is 6.42 Å². The van der Waals surface area contributed by atoms with E-state index in [4.69, 9.17) is 4.74 Å². The molecule has 1 fully saturated rings. The summed E-state index contributed by atoms with van der Waals surface area (Å²) in [6.45, 7) is 0.982. The van der Waals surface area contributed by atoms with Crippen LogP contribution in [0.1, 0.15) is 24.8 Å². The van der Waals surface area contributed by atoms with Crippen LogP contribution in [0.4, 0.5) is 4.39 Å². The van der Waals surface area contributed by atoms with Crippen molar-refractivity contribution < 1.29 is 14.2 Å². The van der Waals surface area contributed by atoms with Gasteiger partial charge in [-0.25, -0.2) is 4.39 Å². The summed E-state index contributed by atoms with van der Waals surface area (Å²) in [6, 6.07) is 1.48. The minimum Gasteiger partial charge on any atom is -0.504 e. The molecule has 3 nitrogen and oxygen atoms in total. The second-order valence-corrected chi connectivity index (χ2v) is 5.35. The zero-order chi connectivity index (χ0) is 13.1. The highest BCUT2D eigenvalue weighted by Gasteiger charge is 2.21. The molecule has 1 aromatic rings. The molecule has 1 aliphatic rings. The Morgan fingerprint density at radius 2 is 2.33 bits per heavy atom. The van der Waals surface area contributed by atoms with Crippen molar-refractivity contribution in [2.75, 3.05) is 13.7 Å². The second-order valence-electron chi connectivity index (χ2n) is 4.55. The van der Waals surface area contributed by atoms with Gasteiger partial charge in [0.05, 0.1) is 11.6 Å². The van der Waals surface area contributed by atoms with E-state index in [2.05, 4.69) is 21.2 Å². The van der Waals surface area contributed by atoms with E-state index in [0.717, 1.165) is 13.0 Å². The van der Waals surface area contributed by atoms with Crippen LogP contribution < -0.4 is 10.1 Å². The zero-order valence-corrected chi connectivity index (χ0v) is 11.9. The Morgan fingerprint density at radius 1 is 1.56 bits per heavy atom. The van der Waals surface area contributed by atoms with Gasteiger partial charge in [0.25, 0.3) is 0 Å². The van der Waals surface area contributed by atoms with Crippen molar-refractivity contribution in [3.63, 3.8) is 0 Å². The van der Waals surface area contributed by atoms with Gasteiger partial charge in [-0.15, -0.1) is 0 Å². The van der Waals surface area contributed by atoms with Gasteiger partial charge in [-0.2, -0.15) is 0 Å². The Kier molecular flexibility index (Phi) is 4.45. The normalized spacial score (nSPS) is 19.8. The third-order valence-corrected chi connectivity index (χ3v) is 4.19. The maximum atomic E-state index is 13.7. The third-order valence-electron chi connectivity index (χ3n) is 3.33. The van der Waals surface area contributed by atoms with Crippen molar-refractivity contribution in [2.45, 2.75) is 31.7 Å². The predicted octanol–water partition coefficient (Wildman–Crippen LogP) is 2.99. The maximum Gasteiger partial charge on any atom is 0.163 e. The van der Waals surface area contributed by atoms with Crippen molar-refractivity contribution in [1.82, 2.24) is 5.32 Å². The lowest BCUT2D eigenvalue weighted by molar-refractivity contribution is 0.358. The van der Waals surface area contributed by atoms with E-state index >= 15 is 0 Å². The summed E-state index contributed by atoms with van der Waals surface area (Å²) >= 11 is 3.20. The van der Waals surface area contributed by atoms with Gasteiger partial charge in [-0.05, 0) is 41.7 Å². The number of phenolic OH excluding ortho intramolecular Hbond substituents is 1. The van der Waals surface area contributed by atoms with Gasteiger partial charge >= 0.3 is 0 Å². The summed E-state index contributed by atoms with van der Waals surface area (Å²) in [4.78, 5) is 0. The smallest absolute Gasteiger partial charge is 0.163 e. The number of nitrogens with one attached hydrogen (secondary N) is 1. The molecule has 0 radical (unpaired) electrons. The Hall–Kier alpha value is -0.810. The highest BCUT2D eigenvalue weighted by molar-refractivity contribution is 9.10. The molecule has 1 heterocycles. The molecule has 0 aliphatic carbocycles. The van der Waals surface area contributed by atoms with Crippen LogP contribution in [0.25, 0.3) is 0 Å². The number of benzene rings is 1. The van der Waals surface area contributed by atoms with Crippen LogP contribution in [0.15, 0.2) is 10.5 Å². The van der Waals surface area contributed by atoms with Crippen LogP contribution in [0.3, 0.4) is 0 Å². The number of hydrogen-bond donors (Lipinski definition) is 2. The van der Waals surface area contributed by atoms with Gasteiger partial charge in [0, 0.05) is 17.7 Å². The average Bonchev–Trinajstić information content (AvgIpc) is 2.40. The number of aromatic hydroxyl groups is 1. The fraction of sp³-hybridized carbons (Fsp3) is 0.538. The molecule has 0 bridgehead atoms. The first-order valence-corrected chi connectivity index (χ1v) is 6.90. The van der Waals surface area contributed by atoms with Crippen LogP contribution in [0, 0.1) is 5.82 Å². The summed E-state index contributed by atoms with van der Waals surface area (Å²) in [6.07, 6.45) is 3.99. The number of ether oxygens (including phenoxy) is 1. The largest absolute Gasteiger partial charge is 0.504 e. The van der Waals surface area contributed by atoms with Crippen molar-refractivity contribution >= 4 is 15.9 Å². The van der Waals surface area contributed by atoms with Crippen molar-refractivity contribution in [3.8, 4) is 11.5 Å². The van der Waals surface area contributed by atoms with Crippen LogP contribution >= 0.6 is 15.9 Å². The highest BCUT2D eigenvalue weighted by atomic mass is 79.9. The van der Waals surface area contributed by atoms with Crippen LogP contribution in [0.2, 0.25) is 0 Å². The first-order chi connectivity index (χ1) is 8.63. The fourth-order valence-electron chi connectivity index (χ4n) is 2.33. The second kappa shape index (κ2) is 5.89. The summed E-state index contributed by atoms with van der Waals surface area (Å²) in [7, 11) is 1.42. The van der Waals surface area contributed by atoms with Crippen molar-refractivity contribution in [1.29, 1.82) is 0 Å². The zero-order valence-electron chi connectivity index (χ0n) is 10.3. The number of methoxy groups -OCH3 is 1. The quantitative estimate of drug-likeness (QED) is 0.900. The average molecular weight is 318 g/mol. The minimum atomic E-state index is -0.407. The Bertz CT molecular complexity index is 433. The monoisotopic (exact) mass is 317 g/mol. The first kappa shape index (κ1) is 13.6. The van der Waals surface area contributed by atoms with E-state index in [-0.39, 0.29) is 17.5 Å². The lowest BCUT2D eigenvalue weighted by Crippen LogP contribution is -2.35. The number of phenols is 1. The van der Waals surface area contributed by atoms with Gasteiger partial charge in [0.2, 0.25) is 0 Å². The Morgan fingerprint density at radius 3 is 2.94 bits per heavy atom. The molecular weight excluding hydrogens is 301 g/mol. The number of piperidine rings is 1. The molecule has 2 rings (SSSR count). The van der Waals surface area contributed by atoms with E-state index in [1.165, 1.54) is 26.0 Å². The van der Waals surface area contributed by atoms with Crippen LogP contribution in [-0.2, 0) is 6.42 Å². The highest BCUT2D eigenvalue weighted by Crippen LogP contribution is 2.38. The standard InChI is InChI=1S/C13H17BrFNO2/c1-18-11-7-10(15)12(14)9(13(11)17)6-8-4-2-3-5-16-8/h7-8,16-17H,2-6H2,1H3. The molecule has 2 N–H and O–H groups in total. The molecule has 1 atom stereocenters. The Balaban J connectivity index is 2.27. The minimum absolute atomic E-state index is 0.0261. The van der Waals surface area contributed by atoms with Crippen LogP contribution in [0.5, 0.6) is 11.5 Å². The third kappa shape index (κ3) is 2.78. The van der Waals surface area contributed by atoms with Gasteiger partial charge in [-0.3, -0.25) is 0 Å². The molecule has 100 valence electrons. The first-order valence-electron chi connectivity index (χ1n) is 6.10. The lowest BCUT2D eigenvalue weighted by Gasteiger charge is -2.24. The van der Waals surface area contributed by atoms with Gasteiger partial charge < -0.3 is 15.2 Å².